The Morgan fingerprint density at radius 2 is 1.66 bits per heavy atom. The van der Waals surface area contributed by atoms with Crippen LogP contribution in [-0.4, -0.2) is 53.8 Å². The number of ether oxygens (including phenoxy) is 2. The van der Waals surface area contributed by atoms with Gasteiger partial charge in [0.2, 0.25) is 5.91 Å². The van der Waals surface area contributed by atoms with Gasteiger partial charge in [0.25, 0.3) is 5.91 Å². The molecule has 0 atom stereocenters. The maximum absolute atomic E-state index is 13.5. The molecule has 0 radical (unpaired) electrons. The van der Waals surface area contributed by atoms with Crippen molar-refractivity contribution in [1.82, 2.24) is 14.7 Å². The van der Waals surface area contributed by atoms with Crippen LogP contribution in [0.4, 0.5) is 5.82 Å². The van der Waals surface area contributed by atoms with Crippen molar-refractivity contribution in [3.05, 3.63) is 64.8 Å². The molecule has 38 heavy (non-hydrogen) atoms. The average Bonchev–Trinajstić information content (AvgIpc) is 3.29. The third-order valence-corrected chi connectivity index (χ3v) is 6.33. The summed E-state index contributed by atoms with van der Waals surface area (Å²) in [5.74, 6) is 1.04. The van der Waals surface area contributed by atoms with E-state index < -0.39 is 0 Å². The molecule has 3 aromatic rings. The summed E-state index contributed by atoms with van der Waals surface area (Å²) < 4.78 is 12.4. The second-order valence-corrected chi connectivity index (χ2v) is 10.6. The van der Waals surface area contributed by atoms with Crippen LogP contribution in [0.15, 0.2) is 42.5 Å². The zero-order valence-electron chi connectivity index (χ0n) is 23.8. The van der Waals surface area contributed by atoms with E-state index in [-0.39, 0.29) is 23.8 Å². The minimum Gasteiger partial charge on any atom is -0.497 e. The van der Waals surface area contributed by atoms with Crippen LogP contribution in [0.5, 0.6) is 11.5 Å². The van der Waals surface area contributed by atoms with Crippen molar-refractivity contribution in [2.75, 3.05) is 32.6 Å². The number of rotatable bonds is 10. The van der Waals surface area contributed by atoms with Crippen molar-refractivity contribution in [2.45, 2.75) is 59.8 Å². The number of aromatic nitrogens is 2. The number of methoxy groups -OCH3 is 2. The van der Waals surface area contributed by atoms with Gasteiger partial charge in [-0.25, -0.2) is 4.68 Å². The molecule has 0 aliphatic heterocycles. The number of carbonyl (C=O) groups is 2. The Balaban J connectivity index is 1.91. The smallest absolute Gasteiger partial charge is 0.254 e. The molecule has 1 N–H and O–H groups in total. The fourth-order valence-electron chi connectivity index (χ4n) is 4.13. The van der Waals surface area contributed by atoms with E-state index in [1.807, 2.05) is 39.0 Å². The minimum atomic E-state index is -0.296. The summed E-state index contributed by atoms with van der Waals surface area (Å²) in [7, 11) is 3.08. The molecule has 0 aliphatic carbocycles. The summed E-state index contributed by atoms with van der Waals surface area (Å²) >= 11 is 0. The molecule has 3 rings (SSSR count). The standard InChI is InChI=1S/C30H40N4O4/c1-9-10-13-33(29(36)22-15-23(37-7)17-24(16-22)38-8)19-28(35)31-27-18-26(30(4,5)6)32-34(27)25-12-11-20(2)14-21(25)3/h11-12,14-18H,9-10,13,19H2,1-8H3,(H,31,35). The molecule has 8 heteroatoms. The predicted molar refractivity (Wildman–Crippen MR) is 151 cm³/mol. The Kier molecular flexibility index (Phi) is 9.20. The number of anilines is 1. The van der Waals surface area contributed by atoms with Gasteiger partial charge in [-0.3, -0.25) is 9.59 Å². The summed E-state index contributed by atoms with van der Waals surface area (Å²) in [6.45, 7) is 12.7. The number of hydrogen-bond acceptors (Lipinski definition) is 5. The summed E-state index contributed by atoms with van der Waals surface area (Å²) in [4.78, 5) is 28.4. The first kappa shape index (κ1) is 28.8. The van der Waals surface area contributed by atoms with Crippen LogP contribution in [-0.2, 0) is 10.2 Å². The average molecular weight is 521 g/mol. The number of amides is 2. The van der Waals surface area contributed by atoms with Crippen molar-refractivity contribution in [2.24, 2.45) is 0 Å². The number of hydrogen-bond donors (Lipinski definition) is 1. The zero-order chi connectivity index (χ0) is 28.0. The molecule has 8 nitrogen and oxygen atoms in total. The van der Waals surface area contributed by atoms with Crippen molar-refractivity contribution >= 4 is 17.6 Å². The first-order chi connectivity index (χ1) is 18.0. The van der Waals surface area contributed by atoms with Crippen LogP contribution in [0.2, 0.25) is 0 Å². The summed E-state index contributed by atoms with van der Waals surface area (Å²) in [5.41, 5.74) is 4.15. The zero-order valence-corrected chi connectivity index (χ0v) is 23.8. The van der Waals surface area contributed by atoms with Gasteiger partial charge in [-0.2, -0.15) is 5.10 Å². The highest BCUT2D eigenvalue weighted by atomic mass is 16.5. The van der Waals surface area contributed by atoms with Crippen molar-refractivity contribution in [3.8, 4) is 17.2 Å². The molecular formula is C30H40N4O4. The van der Waals surface area contributed by atoms with Crippen molar-refractivity contribution in [1.29, 1.82) is 0 Å². The Labute approximate surface area is 225 Å². The van der Waals surface area contributed by atoms with E-state index in [2.05, 4.69) is 32.2 Å². The van der Waals surface area contributed by atoms with Gasteiger partial charge >= 0.3 is 0 Å². The molecule has 0 fully saturated rings. The van der Waals surface area contributed by atoms with Gasteiger partial charge in [-0.1, -0.05) is 51.8 Å². The first-order valence-electron chi connectivity index (χ1n) is 13.0. The highest BCUT2D eigenvalue weighted by molar-refractivity contribution is 5.99. The SMILES string of the molecule is CCCCN(CC(=O)Nc1cc(C(C)(C)C)nn1-c1ccc(C)cc1C)C(=O)c1cc(OC)cc(OC)c1. The normalized spacial score (nSPS) is 11.3. The second kappa shape index (κ2) is 12.2. The van der Waals surface area contributed by atoms with Crippen LogP contribution in [0.3, 0.4) is 0 Å². The predicted octanol–water partition coefficient (Wildman–Crippen LogP) is 5.68. The van der Waals surface area contributed by atoms with Gasteiger partial charge in [0.15, 0.2) is 0 Å². The number of aryl methyl sites for hydroxylation is 2. The Morgan fingerprint density at radius 3 is 2.21 bits per heavy atom. The molecule has 0 unspecified atom stereocenters. The van der Waals surface area contributed by atoms with E-state index >= 15 is 0 Å². The van der Waals surface area contributed by atoms with Crippen LogP contribution in [0, 0.1) is 13.8 Å². The first-order valence-corrected chi connectivity index (χ1v) is 13.0. The molecule has 1 aromatic heterocycles. The second-order valence-electron chi connectivity index (χ2n) is 10.6. The molecule has 1 heterocycles. The van der Waals surface area contributed by atoms with E-state index in [4.69, 9.17) is 14.6 Å². The Bertz CT molecular complexity index is 1270. The lowest BCUT2D eigenvalue weighted by Gasteiger charge is -2.23. The molecule has 204 valence electrons. The molecule has 2 amide bonds. The van der Waals surface area contributed by atoms with Gasteiger partial charge in [-0.15, -0.1) is 0 Å². The topological polar surface area (TPSA) is 85.7 Å². The van der Waals surface area contributed by atoms with Crippen LogP contribution in [0.25, 0.3) is 5.69 Å². The third-order valence-electron chi connectivity index (χ3n) is 6.33. The number of nitrogens with one attached hydrogen (secondary N) is 1. The lowest BCUT2D eigenvalue weighted by Crippen LogP contribution is -2.39. The molecule has 0 saturated heterocycles. The van der Waals surface area contributed by atoms with Crippen LogP contribution < -0.4 is 14.8 Å². The van der Waals surface area contributed by atoms with Crippen molar-refractivity contribution in [3.63, 3.8) is 0 Å². The Hall–Kier alpha value is -3.81. The number of unbranched alkanes of at least 4 members (excludes halogenated alkanes) is 1. The third kappa shape index (κ3) is 6.94. The van der Waals surface area contributed by atoms with Crippen molar-refractivity contribution < 1.29 is 19.1 Å². The monoisotopic (exact) mass is 520 g/mol. The maximum Gasteiger partial charge on any atom is 0.254 e. The highest BCUT2D eigenvalue weighted by Crippen LogP contribution is 2.28. The van der Waals surface area contributed by atoms with Gasteiger partial charge in [-0.05, 0) is 44.0 Å². The quantitative estimate of drug-likeness (QED) is 0.371. The molecule has 2 aromatic carbocycles. The molecule has 0 saturated carbocycles. The number of nitrogens with zero attached hydrogens (tertiary/aromatic N) is 3. The van der Waals surface area contributed by atoms with E-state index in [0.29, 0.717) is 29.4 Å². The summed E-state index contributed by atoms with van der Waals surface area (Å²) in [6, 6.07) is 13.1. The van der Waals surface area contributed by atoms with E-state index in [1.54, 1.807) is 27.8 Å². The summed E-state index contributed by atoms with van der Waals surface area (Å²) in [6.07, 6.45) is 1.66. The molecule has 0 aliphatic rings. The van der Waals surface area contributed by atoms with Gasteiger partial charge in [0.05, 0.1) is 25.6 Å². The number of benzene rings is 2. The van der Waals surface area contributed by atoms with Gasteiger partial charge in [0.1, 0.15) is 23.9 Å². The van der Waals surface area contributed by atoms with Crippen LogP contribution in [0.1, 0.15) is 67.7 Å². The molecular weight excluding hydrogens is 480 g/mol. The molecule has 0 spiro atoms. The Morgan fingerprint density at radius 1 is 1.00 bits per heavy atom. The summed E-state index contributed by atoms with van der Waals surface area (Å²) in [5, 5.41) is 7.86. The van der Waals surface area contributed by atoms with Gasteiger partial charge < -0.3 is 19.7 Å². The van der Waals surface area contributed by atoms with Crippen LogP contribution >= 0.6 is 0 Å². The largest absolute Gasteiger partial charge is 0.497 e. The lowest BCUT2D eigenvalue weighted by atomic mass is 9.92. The fourth-order valence-corrected chi connectivity index (χ4v) is 4.13. The van der Waals surface area contributed by atoms with E-state index in [0.717, 1.165) is 35.3 Å². The minimum absolute atomic E-state index is 0.0960. The van der Waals surface area contributed by atoms with Gasteiger partial charge in [0, 0.05) is 29.7 Å². The fraction of sp³-hybridized carbons (Fsp3) is 0.433. The van der Waals surface area contributed by atoms with E-state index in [1.165, 1.54) is 14.2 Å². The maximum atomic E-state index is 13.5. The highest BCUT2D eigenvalue weighted by Gasteiger charge is 2.24. The van der Waals surface area contributed by atoms with E-state index in [9.17, 15) is 9.59 Å². The number of carbonyl (C=O) groups excluding carboxylic acids is 2. The molecule has 0 bridgehead atoms. The lowest BCUT2D eigenvalue weighted by molar-refractivity contribution is -0.117.